The average Bonchev–Trinajstić information content (AvgIpc) is 3.38. The molecule has 1 amide bonds. The fourth-order valence-electron chi connectivity index (χ4n) is 11.4. The summed E-state index contributed by atoms with van der Waals surface area (Å²) in [5.74, 6) is -8.25. The Bertz CT molecular complexity index is 2060. The number of nitrogens with zero attached hydrogens (tertiary/aromatic N) is 1. The molecule has 4 rings (SSSR count). The molecule has 2 bridgehead atoms. The Hall–Kier alpha value is -3.45. The van der Waals surface area contributed by atoms with Crippen molar-refractivity contribution in [3.63, 3.8) is 0 Å². The fourth-order valence-corrected chi connectivity index (χ4v) is 11.4. The maximum atomic E-state index is 14.6. The number of rotatable bonds is 14. The summed E-state index contributed by atoms with van der Waals surface area (Å²) in [6.45, 7) is 21.8. The number of methoxy groups -OCH3 is 3. The van der Waals surface area contributed by atoms with Crippen molar-refractivity contribution in [1.82, 2.24) is 4.90 Å². The Morgan fingerprint density at radius 2 is 1.52 bits per heavy atom. The summed E-state index contributed by atoms with van der Waals surface area (Å²) in [4.78, 5) is 73.1. The molecule has 0 aromatic carbocycles. The monoisotopic (exact) mass is 1090 g/mol. The molecular weight excluding hydrogens is 987 g/mol. The number of amides is 1. The first kappa shape index (κ1) is 66.1. The molecule has 16 heteroatoms. The van der Waals surface area contributed by atoms with Gasteiger partial charge in [-0.25, -0.2) is 4.79 Å². The molecule has 3 aliphatic heterocycles. The van der Waals surface area contributed by atoms with E-state index < -0.39 is 95.1 Å². The predicted octanol–water partition coefficient (Wildman–Crippen LogP) is 8.55. The third-order valence-corrected chi connectivity index (χ3v) is 16.8. The lowest BCUT2D eigenvalue weighted by molar-refractivity contribution is -0.267. The first-order valence-corrected chi connectivity index (χ1v) is 28.6. The van der Waals surface area contributed by atoms with Gasteiger partial charge in [0.15, 0.2) is 5.78 Å². The van der Waals surface area contributed by atoms with Crippen molar-refractivity contribution in [3.8, 4) is 0 Å². The Morgan fingerprint density at radius 1 is 0.818 bits per heavy atom. The van der Waals surface area contributed by atoms with E-state index in [1.54, 1.807) is 41.1 Å². The number of hydrogen-bond donors (Lipinski definition) is 3. The van der Waals surface area contributed by atoms with E-state index in [0.717, 1.165) is 12.0 Å². The summed E-state index contributed by atoms with van der Waals surface area (Å²) < 4.78 is 42.4. The van der Waals surface area contributed by atoms with E-state index in [4.69, 9.17) is 33.2 Å². The van der Waals surface area contributed by atoms with Crippen LogP contribution in [0.15, 0.2) is 47.6 Å². The molecule has 2 saturated heterocycles. The molecule has 3 fully saturated rings. The maximum absolute atomic E-state index is 14.6. The zero-order chi connectivity index (χ0) is 57.4. The van der Waals surface area contributed by atoms with Gasteiger partial charge in [-0.1, -0.05) is 71.1 Å². The summed E-state index contributed by atoms with van der Waals surface area (Å²) in [5, 5.41) is 34.4. The average molecular weight is 1090 g/mol. The molecule has 0 radical (unpaired) electrons. The highest BCUT2D eigenvalue weighted by molar-refractivity contribution is 6.39. The molecule has 1 unspecified atom stereocenters. The molecule has 438 valence electrons. The summed E-state index contributed by atoms with van der Waals surface area (Å²) in [5.41, 5.74) is 0.141. The first-order chi connectivity index (χ1) is 36.2. The second-order valence-electron chi connectivity index (χ2n) is 24.3. The Balaban J connectivity index is 1.73. The zero-order valence-corrected chi connectivity index (χ0v) is 49.3. The highest BCUT2D eigenvalue weighted by Crippen LogP contribution is 2.39. The van der Waals surface area contributed by atoms with Crippen LogP contribution in [0.3, 0.4) is 0 Å². The third-order valence-electron chi connectivity index (χ3n) is 16.8. The number of aliphatic hydroxyl groups excluding tert-OH is 2. The predicted molar refractivity (Wildman–Crippen MR) is 294 cm³/mol. The Labute approximate surface area is 461 Å². The number of ether oxygens (including phenoxy) is 7. The Morgan fingerprint density at radius 3 is 2.19 bits per heavy atom. The number of aliphatic hydroxyl groups is 3. The van der Waals surface area contributed by atoms with Crippen LogP contribution in [0.4, 0.5) is 0 Å². The van der Waals surface area contributed by atoms with Crippen LogP contribution in [-0.4, -0.2) is 156 Å². The number of fused-ring (bicyclic) bond motifs is 3. The van der Waals surface area contributed by atoms with Gasteiger partial charge in [0.05, 0.1) is 42.2 Å². The van der Waals surface area contributed by atoms with E-state index in [1.165, 1.54) is 12.0 Å². The minimum atomic E-state index is -2.49. The van der Waals surface area contributed by atoms with Crippen molar-refractivity contribution in [1.29, 1.82) is 0 Å². The van der Waals surface area contributed by atoms with Crippen LogP contribution < -0.4 is 0 Å². The number of hydrogen-bond acceptors (Lipinski definition) is 15. The van der Waals surface area contributed by atoms with Gasteiger partial charge in [-0.05, 0) is 147 Å². The van der Waals surface area contributed by atoms with Gasteiger partial charge in [-0.15, -0.1) is 0 Å². The van der Waals surface area contributed by atoms with Gasteiger partial charge in [0.2, 0.25) is 5.79 Å². The van der Waals surface area contributed by atoms with Crippen molar-refractivity contribution in [2.45, 2.75) is 232 Å². The van der Waals surface area contributed by atoms with E-state index in [-0.39, 0.29) is 61.2 Å². The number of esters is 1. The van der Waals surface area contributed by atoms with Crippen LogP contribution in [0.1, 0.15) is 166 Å². The van der Waals surface area contributed by atoms with Crippen molar-refractivity contribution in [2.75, 3.05) is 41.1 Å². The van der Waals surface area contributed by atoms with Crippen molar-refractivity contribution >= 4 is 29.2 Å². The van der Waals surface area contributed by atoms with Gasteiger partial charge in [-0.3, -0.25) is 19.2 Å². The van der Waals surface area contributed by atoms with Gasteiger partial charge in [-0.2, -0.15) is 0 Å². The fraction of sp³-hybridized carbons (Fsp3) is 0.787. The molecule has 16 nitrogen and oxygen atoms in total. The Kier molecular flexibility index (Phi) is 26.1. The molecule has 0 spiro atoms. The summed E-state index contributed by atoms with van der Waals surface area (Å²) >= 11 is 0. The van der Waals surface area contributed by atoms with Gasteiger partial charge in [0.25, 0.3) is 11.7 Å². The molecule has 3 heterocycles. The normalized spacial score (nSPS) is 36.5. The van der Waals surface area contributed by atoms with Gasteiger partial charge < -0.3 is 53.4 Å². The molecule has 77 heavy (non-hydrogen) atoms. The lowest BCUT2D eigenvalue weighted by Crippen LogP contribution is -2.61. The zero-order valence-electron chi connectivity index (χ0n) is 49.3. The quantitative estimate of drug-likeness (QED) is 0.0845. The van der Waals surface area contributed by atoms with Crippen LogP contribution in [0.5, 0.6) is 0 Å². The number of allylic oxidation sites excluding steroid dienone is 6. The van der Waals surface area contributed by atoms with Gasteiger partial charge in [0, 0.05) is 65.1 Å². The highest BCUT2D eigenvalue weighted by Gasteiger charge is 2.53. The van der Waals surface area contributed by atoms with E-state index in [2.05, 4.69) is 0 Å². The second kappa shape index (κ2) is 30.4. The minimum Gasteiger partial charge on any atom is -0.460 e. The smallest absolute Gasteiger partial charge is 0.329 e. The SMILES string of the molecule is COCCC(C)(C)OCCC(C)(C)OC1C[C@@H]2CC[C@@H](C)[C@@](O)(O2)C(=O)C(=O)N2CCCC[C@H]2C(=O)O[C@H]([C@H](C)C[C@@H]2CC[C@@H](O)[C@H](OC)C2)CC(=O)[C@H](C)/C=C(\C)[C@@H](O)[C@@H](OC)C(=O)[C@H](C)C[C@H](C)/C=C/C=C/C=C/1C. The topological polar surface area (TPSA) is 214 Å². The standard InChI is InChI=1S/C61H99NO15/c1-38-20-16-15-17-21-39(2)51(77-60(10,11)28-31-74-59(8,9)27-30-71-12)36-46-25-23-44(7)61(70,76-46)56(67)57(68)62-29-19-18-22-47(62)58(69)75-50(41(4)34-45-24-26-48(63)52(35-45)72-13)37-49(64)40(3)33-43(6)54(66)55(73-14)53(65)42(5)32-38/h15-17,20-21,33,38,40-42,44-48,50-52,54-55,63,66,70H,18-19,22-32,34-37H2,1-14H3/b17-15+,20-16+,39-21+,43-33+/t38-,40-,41-,42-,44-,45+,46+,47+,48-,50+,51?,52-,54-,55+,61-/m1/s1. The lowest BCUT2D eigenvalue weighted by atomic mass is 9.78. The summed E-state index contributed by atoms with van der Waals surface area (Å²) in [7, 11) is 4.61. The number of piperidine rings is 1. The first-order valence-electron chi connectivity index (χ1n) is 28.6. The second-order valence-corrected chi connectivity index (χ2v) is 24.3. The molecule has 15 atom stereocenters. The molecule has 0 aromatic rings. The van der Waals surface area contributed by atoms with Crippen LogP contribution >= 0.6 is 0 Å². The molecule has 1 aliphatic carbocycles. The largest absolute Gasteiger partial charge is 0.460 e. The van der Waals surface area contributed by atoms with Gasteiger partial charge >= 0.3 is 5.97 Å². The molecular formula is C61H99NO15. The lowest BCUT2D eigenvalue weighted by Gasteiger charge is -2.43. The number of ketones is 3. The molecule has 0 aromatic heterocycles. The number of cyclic esters (lactones) is 1. The molecule has 1 saturated carbocycles. The van der Waals surface area contributed by atoms with Crippen LogP contribution in [0.2, 0.25) is 0 Å². The number of carbonyl (C=O) groups excluding carboxylic acids is 5. The minimum absolute atomic E-state index is 0.0160. The highest BCUT2D eigenvalue weighted by atomic mass is 16.6. The van der Waals surface area contributed by atoms with Crippen LogP contribution in [0.25, 0.3) is 0 Å². The number of Topliss-reactive ketones (excluding diaryl/α,β-unsaturated/α-hetero) is 3. The summed E-state index contributed by atoms with van der Waals surface area (Å²) in [6, 6.07) is -1.17. The van der Waals surface area contributed by atoms with Crippen molar-refractivity contribution in [3.05, 3.63) is 47.6 Å². The van der Waals surface area contributed by atoms with Crippen LogP contribution in [0, 0.1) is 35.5 Å². The van der Waals surface area contributed by atoms with Crippen LogP contribution in [-0.2, 0) is 57.1 Å². The van der Waals surface area contributed by atoms with E-state index in [9.17, 15) is 39.3 Å². The molecule has 3 N–H and O–H groups in total. The number of carbonyl (C=O) groups is 5. The summed E-state index contributed by atoms with van der Waals surface area (Å²) in [6.07, 6.45) is 12.0. The van der Waals surface area contributed by atoms with Crippen molar-refractivity contribution < 1.29 is 72.5 Å². The maximum Gasteiger partial charge on any atom is 0.329 e. The van der Waals surface area contributed by atoms with E-state index in [1.807, 2.05) is 85.8 Å². The van der Waals surface area contributed by atoms with Gasteiger partial charge in [0.1, 0.15) is 30.1 Å². The van der Waals surface area contributed by atoms with E-state index >= 15 is 0 Å². The molecule has 4 aliphatic rings. The van der Waals surface area contributed by atoms with E-state index in [0.29, 0.717) is 83.0 Å². The third kappa shape index (κ3) is 19.4. The van der Waals surface area contributed by atoms with Crippen molar-refractivity contribution in [2.24, 2.45) is 35.5 Å².